The fourth-order valence-corrected chi connectivity index (χ4v) is 4.35. The number of anilines is 1. The van der Waals surface area contributed by atoms with E-state index in [0.29, 0.717) is 5.75 Å². The predicted octanol–water partition coefficient (Wildman–Crippen LogP) is 8.06. The molecule has 2 aromatic carbocycles. The van der Waals surface area contributed by atoms with E-state index < -0.39 is 48.4 Å². The number of nitrogens with zero attached hydrogens (tertiary/aromatic N) is 1. The van der Waals surface area contributed by atoms with E-state index in [1.807, 2.05) is 32.9 Å². The molecule has 0 aliphatic rings. The van der Waals surface area contributed by atoms with Crippen LogP contribution >= 0.6 is 0 Å². The molecule has 2 rings (SSSR count). The van der Waals surface area contributed by atoms with Gasteiger partial charge in [-0.25, -0.2) is 0 Å². The van der Waals surface area contributed by atoms with Gasteiger partial charge in [-0.2, -0.15) is 35.8 Å². The topological polar surface area (TPSA) is 99.1 Å². The molecule has 7 nitrogen and oxygen atoms in total. The summed E-state index contributed by atoms with van der Waals surface area (Å²) < 4.78 is 99.8. The van der Waals surface area contributed by atoms with Crippen molar-refractivity contribution in [1.82, 2.24) is 5.32 Å². The number of hydroxylamine groups is 1. The first-order chi connectivity index (χ1) is 20.9. The SMILES string of the molecule is CCC(C)(C)c1ccc(OC(C)CCC(NC(=O)C(F)(F)C(F)(F)C(F)(F)F)C(=O)N(O)c2ccc(O)cc2)c(C(C)(C)CC)c1. The zero-order chi connectivity index (χ0) is 35.5. The van der Waals surface area contributed by atoms with Crippen molar-refractivity contribution in [2.45, 2.75) is 115 Å². The maximum absolute atomic E-state index is 14.2. The van der Waals surface area contributed by atoms with Gasteiger partial charge in [-0.3, -0.25) is 14.8 Å². The number of carbonyl (C=O) groups is 2. The van der Waals surface area contributed by atoms with E-state index in [1.165, 1.54) is 5.32 Å². The molecular formula is C32H41F7N2O5. The molecule has 0 spiro atoms. The van der Waals surface area contributed by atoms with Crippen LogP contribution in [0.1, 0.15) is 85.3 Å². The third-order valence-electron chi connectivity index (χ3n) is 8.39. The number of rotatable bonds is 14. The van der Waals surface area contributed by atoms with Crippen LogP contribution in [0.2, 0.25) is 0 Å². The molecule has 0 aliphatic carbocycles. The maximum atomic E-state index is 14.2. The van der Waals surface area contributed by atoms with E-state index in [-0.39, 0.29) is 33.8 Å². The number of hydrogen-bond acceptors (Lipinski definition) is 5. The fraction of sp³-hybridized carbons (Fsp3) is 0.562. The molecule has 3 N–H and O–H groups in total. The third kappa shape index (κ3) is 8.42. The lowest BCUT2D eigenvalue weighted by molar-refractivity contribution is -0.344. The molecule has 0 saturated heterocycles. The molecule has 0 aromatic heterocycles. The smallest absolute Gasteiger partial charge is 0.460 e. The fourth-order valence-electron chi connectivity index (χ4n) is 4.35. The highest BCUT2D eigenvalue weighted by Gasteiger charge is 2.76. The predicted molar refractivity (Wildman–Crippen MR) is 158 cm³/mol. The third-order valence-corrected chi connectivity index (χ3v) is 8.39. The van der Waals surface area contributed by atoms with Gasteiger partial charge in [0, 0.05) is 5.56 Å². The summed E-state index contributed by atoms with van der Waals surface area (Å²) in [7, 11) is 0. The Bertz CT molecular complexity index is 1360. The largest absolute Gasteiger partial charge is 0.508 e. The van der Waals surface area contributed by atoms with Crippen LogP contribution in [0, 0.1) is 0 Å². The van der Waals surface area contributed by atoms with Crippen molar-refractivity contribution in [2.24, 2.45) is 0 Å². The van der Waals surface area contributed by atoms with Gasteiger partial charge in [0.2, 0.25) is 0 Å². The summed E-state index contributed by atoms with van der Waals surface area (Å²) >= 11 is 0. The molecule has 14 heteroatoms. The number of nitrogens with one attached hydrogen (secondary N) is 1. The normalized spacial score (nSPS) is 14.4. The van der Waals surface area contributed by atoms with Crippen LogP contribution < -0.4 is 15.1 Å². The monoisotopic (exact) mass is 666 g/mol. The molecule has 2 amide bonds. The first-order valence-corrected chi connectivity index (χ1v) is 14.7. The Morgan fingerprint density at radius 2 is 1.41 bits per heavy atom. The molecule has 46 heavy (non-hydrogen) atoms. The summed E-state index contributed by atoms with van der Waals surface area (Å²) in [5.41, 5.74) is 1.12. The van der Waals surface area contributed by atoms with Crippen molar-refractivity contribution in [3.05, 3.63) is 53.6 Å². The molecule has 0 aliphatic heterocycles. The first-order valence-electron chi connectivity index (χ1n) is 14.7. The van der Waals surface area contributed by atoms with E-state index >= 15 is 0 Å². The quantitative estimate of drug-likeness (QED) is 0.108. The van der Waals surface area contributed by atoms with Crippen LogP contribution in [0.15, 0.2) is 42.5 Å². The summed E-state index contributed by atoms with van der Waals surface area (Å²) in [6.45, 7) is 13.8. The number of ether oxygens (including phenoxy) is 1. The number of amides is 2. The Hall–Kier alpha value is -3.55. The lowest BCUT2D eigenvalue weighted by Gasteiger charge is -2.32. The number of phenolic OH excluding ortho intramolecular Hbond substituents is 1. The van der Waals surface area contributed by atoms with Crippen molar-refractivity contribution >= 4 is 17.5 Å². The Balaban J connectivity index is 2.40. The van der Waals surface area contributed by atoms with E-state index in [0.717, 1.165) is 48.2 Å². The van der Waals surface area contributed by atoms with Gasteiger partial charge in [-0.1, -0.05) is 53.7 Å². The number of aromatic hydroxyl groups is 1. The minimum Gasteiger partial charge on any atom is -0.508 e. The van der Waals surface area contributed by atoms with Gasteiger partial charge in [-0.15, -0.1) is 0 Å². The number of carbonyl (C=O) groups excluding carboxylic acids is 2. The van der Waals surface area contributed by atoms with E-state index in [4.69, 9.17) is 4.74 Å². The summed E-state index contributed by atoms with van der Waals surface area (Å²) in [4.78, 5) is 25.3. The first kappa shape index (κ1) is 38.6. The molecule has 2 atom stereocenters. The van der Waals surface area contributed by atoms with Gasteiger partial charge in [0.25, 0.3) is 11.8 Å². The number of benzene rings is 2. The van der Waals surface area contributed by atoms with E-state index in [1.54, 1.807) is 13.0 Å². The molecule has 0 heterocycles. The van der Waals surface area contributed by atoms with Crippen molar-refractivity contribution in [2.75, 3.05) is 5.06 Å². The Kier molecular flexibility index (Phi) is 11.8. The zero-order valence-electron chi connectivity index (χ0n) is 26.7. The number of alkyl halides is 7. The van der Waals surface area contributed by atoms with Gasteiger partial charge in [0.05, 0.1) is 11.8 Å². The lowest BCUT2D eigenvalue weighted by atomic mass is 9.76. The Morgan fingerprint density at radius 3 is 1.91 bits per heavy atom. The highest BCUT2D eigenvalue weighted by atomic mass is 19.4. The molecular weight excluding hydrogens is 625 g/mol. The Labute approximate surface area is 263 Å². The van der Waals surface area contributed by atoms with Crippen LogP contribution in [0.25, 0.3) is 0 Å². The van der Waals surface area contributed by atoms with E-state index in [9.17, 15) is 50.6 Å². The second-order valence-electron chi connectivity index (χ2n) is 12.5. The second-order valence-corrected chi connectivity index (χ2v) is 12.5. The standard InChI is InChI=1S/C32H41F7N2O5/c1-8-28(4,5)20-11-17-25(23(18-20)29(6,7)9-2)46-19(3)10-16-24(26(43)41(45)21-12-14-22(42)15-13-21)40-27(44)30(33,34)31(35,36)32(37,38)39/h11-15,17-19,24,42,45H,8-10,16H2,1-7H3,(H,40,44). The minimum atomic E-state index is -6.78. The highest BCUT2D eigenvalue weighted by Crippen LogP contribution is 2.46. The van der Waals surface area contributed by atoms with Crippen molar-refractivity contribution in [3.8, 4) is 11.5 Å². The average Bonchev–Trinajstić information content (AvgIpc) is 2.98. The Morgan fingerprint density at radius 1 is 0.870 bits per heavy atom. The second kappa shape index (κ2) is 14.1. The zero-order valence-corrected chi connectivity index (χ0v) is 26.7. The van der Waals surface area contributed by atoms with Gasteiger partial charge in [0.1, 0.15) is 17.5 Å². The van der Waals surface area contributed by atoms with Gasteiger partial charge < -0.3 is 15.2 Å². The number of halogens is 7. The van der Waals surface area contributed by atoms with Gasteiger partial charge >= 0.3 is 18.0 Å². The van der Waals surface area contributed by atoms with E-state index in [2.05, 4.69) is 20.8 Å². The van der Waals surface area contributed by atoms with Crippen molar-refractivity contribution in [1.29, 1.82) is 0 Å². The maximum Gasteiger partial charge on any atom is 0.460 e. The molecule has 0 radical (unpaired) electrons. The van der Waals surface area contributed by atoms with Crippen LogP contribution in [-0.4, -0.2) is 52.3 Å². The van der Waals surface area contributed by atoms with Crippen LogP contribution in [0.3, 0.4) is 0 Å². The number of phenols is 1. The summed E-state index contributed by atoms with van der Waals surface area (Å²) in [5, 5.41) is 21.0. The summed E-state index contributed by atoms with van der Waals surface area (Å²) in [5.74, 6) is -17.4. The van der Waals surface area contributed by atoms with Crippen molar-refractivity contribution < 1.29 is 55.4 Å². The van der Waals surface area contributed by atoms with Crippen molar-refractivity contribution in [3.63, 3.8) is 0 Å². The van der Waals surface area contributed by atoms with Crippen LogP contribution in [0.4, 0.5) is 36.4 Å². The van der Waals surface area contributed by atoms with Crippen LogP contribution in [-0.2, 0) is 20.4 Å². The minimum absolute atomic E-state index is 0.105. The van der Waals surface area contributed by atoms with Gasteiger partial charge in [-0.05, 0) is 79.3 Å². The molecule has 0 fully saturated rings. The highest BCUT2D eigenvalue weighted by molar-refractivity contribution is 5.98. The molecule has 2 aromatic rings. The van der Waals surface area contributed by atoms with Gasteiger partial charge in [0.15, 0.2) is 0 Å². The molecule has 2 unspecified atom stereocenters. The summed E-state index contributed by atoms with van der Waals surface area (Å²) in [6, 6.07) is 7.69. The lowest BCUT2D eigenvalue weighted by Crippen LogP contribution is -2.62. The summed E-state index contributed by atoms with van der Waals surface area (Å²) in [6.07, 6.45) is -6.79. The average molecular weight is 667 g/mol. The number of hydrogen-bond donors (Lipinski definition) is 3. The molecule has 258 valence electrons. The molecule has 0 bridgehead atoms. The molecule has 0 saturated carbocycles. The van der Waals surface area contributed by atoms with Crippen LogP contribution in [0.5, 0.6) is 11.5 Å².